The quantitative estimate of drug-likeness (QED) is 0.812. The monoisotopic (exact) mass is 309 g/mol. The number of hydrogen-bond donors (Lipinski definition) is 2. The van der Waals surface area contributed by atoms with Crippen molar-refractivity contribution in [3.8, 4) is 11.5 Å². The van der Waals surface area contributed by atoms with Gasteiger partial charge in [0.25, 0.3) is 5.91 Å². The van der Waals surface area contributed by atoms with Gasteiger partial charge in [-0.25, -0.2) is 0 Å². The summed E-state index contributed by atoms with van der Waals surface area (Å²) in [5, 5.41) is 13.1. The van der Waals surface area contributed by atoms with E-state index in [9.17, 15) is 9.90 Å². The molecule has 0 aromatic heterocycles. The fourth-order valence-electron chi connectivity index (χ4n) is 2.19. The van der Waals surface area contributed by atoms with E-state index in [2.05, 4.69) is 5.32 Å². The molecule has 1 aromatic carbocycles. The number of aliphatic hydroxyl groups is 1. The zero-order chi connectivity index (χ0) is 16.9. The Morgan fingerprint density at radius 1 is 1.32 bits per heavy atom. The van der Waals surface area contributed by atoms with Gasteiger partial charge in [-0.15, -0.1) is 0 Å². The van der Waals surface area contributed by atoms with Crippen LogP contribution in [-0.4, -0.2) is 37.4 Å². The number of methoxy groups -OCH3 is 2. The highest BCUT2D eigenvalue weighted by atomic mass is 16.5. The molecular formula is C17H27NO4. The summed E-state index contributed by atoms with van der Waals surface area (Å²) in [6, 6.07) is 3.34. The maximum Gasteiger partial charge on any atom is 0.251 e. The first-order valence-corrected chi connectivity index (χ1v) is 7.50. The van der Waals surface area contributed by atoms with Crippen LogP contribution in [0.3, 0.4) is 0 Å². The average molecular weight is 309 g/mol. The van der Waals surface area contributed by atoms with Gasteiger partial charge in [0, 0.05) is 17.7 Å². The second-order valence-corrected chi connectivity index (χ2v) is 5.85. The molecule has 2 atom stereocenters. The van der Waals surface area contributed by atoms with Crippen molar-refractivity contribution in [1.82, 2.24) is 5.32 Å². The Labute approximate surface area is 132 Å². The molecule has 2 N–H and O–H groups in total. The van der Waals surface area contributed by atoms with E-state index in [4.69, 9.17) is 9.47 Å². The molecule has 1 rings (SSSR count). The number of ether oxygens (including phenoxy) is 2. The molecule has 0 fully saturated rings. The molecule has 1 amide bonds. The third-order valence-electron chi connectivity index (χ3n) is 4.30. The molecule has 0 saturated carbocycles. The largest absolute Gasteiger partial charge is 0.496 e. The van der Waals surface area contributed by atoms with E-state index < -0.39 is 5.60 Å². The normalized spacial score (nSPS) is 14.9. The third-order valence-corrected chi connectivity index (χ3v) is 4.30. The number of carbonyl (C=O) groups excluding carboxylic acids is 1. The highest BCUT2D eigenvalue weighted by molar-refractivity contribution is 5.95. The van der Waals surface area contributed by atoms with E-state index >= 15 is 0 Å². The van der Waals surface area contributed by atoms with Crippen molar-refractivity contribution < 1.29 is 19.4 Å². The predicted molar refractivity (Wildman–Crippen MR) is 86.7 cm³/mol. The van der Waals surface area contributed by atoms with Gasteiger partial charge in [-0.3, -0.25) is 4.79 Å². The average Bonchev–Trinajstić information content (AvgIpc) is 2.51. The van der Waals surface area contributed by atoms with Gasteiger partial charge in [-0.1, -0.05) is 20.3 Å². The van der Waals surface area contributed by atoms with Crippen molar-refractivity contribution in [2.45, 2.75) is 39.7 Å². The van der Waals surface area contributed by atoms with Gasteiger partial charge in [0.1, 0.15) is 11.5 Å². The topological polar surface area (TPSA) is 67.8 Å². The zero-order valence-electron chi connectivity index (χ0n) is 14.3. The van der Waals surface area contributed by atoms with E-state index in [0.717, 1.165) is 12.0 Å². The van der Waals surface area contributed by atoms with Gasteiger partial charge >= 0.3 is 0 Å². The number of amides is 1. The number of hydrogen-bond acceptors (Lipinski definition) is 4. The molecule has 2 unspecified atom stereocenters. The summed E-state index contributed by atoms with van der Waals surface area (Å²) >= 11 is 0. The molecular weight excluding hydrogens is 282 g/mol. The van der Waals surface area contributed by atoms with Crippen molar-refractivity contribution in [2.24, 2.45) is 5.92 Å². The Bertz CT molecular complexity index is 500. The Morgan fingerprint density at radius 2 is 1.82 bits per heavy atom. The summed E-state index contributed by atoms with van der Waals surface area (Å²) in [6.07, 6.45) is 0.842. The smallest absolute Gasteiger partial charge is 0.251 e. The minimum absolute atomic E-state index is 0.0925. The highest BCUT2D eigenvalue weighted by Gasteiger charge is 2.27. The van der Waals surface area contributed by atoms with Crippen LogP contribution >= 0.6 is 0 Å². The summed E-state index contributed by atoms with van der Waals surface area (Å²) in [7, 11) is 3.11. The Kier molecular flexibility index (Phi) is 6.23. The first kappa shape index (κ1) is 18.3. The summed E-state index contributed by atoms with van der Waals surface area (Å²) in [5.41, 5.74) is 0.343. The Balaban J connectivity index is 2.90. The number of carbonyl (C=O) groups is 1. The van der Waals surface area contributed by atoms with Crippen LogP contribution in [0.2, 0.25) is 0 Å². The molecule has 0 spiro atoms. The molecule has 1 aromatic rings. The fourth-order valence-corrected chi connectivity index (χ4v) is 2.19. The standard InChI is InChI=1S/C17H27NO4/c1-7-11(2)17(4,20)10-18-16(19)13-8-14(21-5)12(3)15(9-13)22-6/h8-9,11,20H,7,10H2,1-6H3,(H,18,19). The van der Waals surface area contributed by atoms with Crippen LogP contribution in [0.15, 0.2) is 12.1 Å². The van der Waals surface area contributed by atoms with Gasteiger partial charge in [0.2, 0.25) is 0 Å². The van der Waals surface area contributed by atoms with Gasteiger partial charge in [-0.05, 0) is 31.9 Å². The molecule has 5 nitrogen and oxygen atoms in total. The molecule has 0 bridgehead atoms. The highest BCUT2D eigenvalue weighted by Crippen LogP contribution is 2.29. The van der Waals surface area contributed by atoms with Crippen LogP contribution in [-0.2, 0) is 0 Å². The number of benzene rings is 1. The van der Waals surface area contributed by atoms with Crippen molar-refractivity contribution >= 4 is 5.91 Å². The summed E-state index contributed by atoms with van der Waals surface area (Å²) in [4.78, 5) is 12.3. The van der Waals surface area contributed by atoms with E-state index in [0.29, 0.717) is 17.1 Å². The van der Waals surface area contributed by atoms with Crippen LogP contribution in [0.25, 0.3) is 0 Å². The third kappa shape index (κ3) is 4.13. The number of nitrogens with one attached hydrogen (secondary N) is 1. The summed E-state index contributed by atoms with van der Waals surface area (Å²) < 4.78 is 10.5. The summed E-state index contributed by atoms with van der Waals surface area (Å²) in [6.45, 7) is 7.77. The number of rotatable bonds is 7. The molecule has 0 radical (unpaired) electrons. The second kappa shape index (κ2) is 7.49. The lowest BCUT2D eigenvalue weighted by atomic mass is 9.88. The van der Waals surface area contributed by atoms with Crippen molar-refractivity contribution in [1.29, 1.82) is 0 Å². The van der Waals surface area contributed by atoms with Gasteiger partial charge in [-0.2, -0.15) is 0 Å². The van der Waals surface area contributed by atoms with E-state index in [1.165, 1.54) is 0 Å². The molecule has 0 aliphatic heterocycles. The molecule has 5 heteroatoms. The molecule has 0 heterocycles. The molecule has 0 aliphatic rings. The fraction of sp³-hybridized carbons (Fsp3) is 0.588. The van der Waals surface area contributed by atoms with Crippen LogP contribution in [0.5, 0.6) is 11.5 Å². The van der Waals surface area contributed by atoms with Crippen LogP contribution < -0.4 is 14.8 Å². The minimum Gasteiger partial charge on any atom is -0.496 e. The first-order chi connectivity index (χ1) is 10.3. The maximum absolute atomic E-state index is 12.3. The zero-order valence-corrected chi connectivity index (χ0v) is 14.3. The summed E-state index contributed by atoms with van der Waals surface area (Å²) in [5.74, 6) is 1.02. The lowest BCUT2D eigenvalue weighted by Gasteiger charge is -2.29. The Hall–Kier alpha value is -1.75. The van der Waals surface area contributed by atoms with Gasteiger partial charge in [0.15, 0.2) is 0 Å². The van der Waals surface area contributed by atoms with Crippen molar-refractivity contribution in [3.05, 3.63) is 23.3 Å². The van der Waals surface area contributed by atoms with E-state index in [1.807, 2.05) is 20.8 Å². The molecule has 22 heavy (non-hydrogen) atoms. The SMILES string of the molecule is CCC(C)C(C)(O)CNC(=O)c1cc(OC)c(C)c(OC)c1. The molecule has 0 aliphatic carbocycles. The Morgan fingerprint density at radius 3 is 2.23 bits per heavy atom. The van der Waals surface area contributed by atoms with E-state index in [1.54, 1.807) is 33.3 Å². The lowest BCUT2D eigenvalue weighted by molar-refractivity contribution is 0.00592. The van der Waals surface area contributed by atoms with Gasteiger partial charge < -0.3 is 19.9 Å². The minimum atomic E-state index is -0.941. The predicted octanol–water partition coefficient (Wildman–Crippen LogP) is 2.54. The molecule has 124 valence electrons. The van der Waals surface area contributed by atoms with Gasteiger partial charge in [0.05, 0.1) is 19.8 Å². The van der Waals surface area contributed by atoms with Crippen LogP contribution in [0, 0.1) is 12.8 Å². The molecule has 0 saturated heterocycles. The van der Waals surface area contributed by atoms with E-state index in [-0.39, 0.29) is 18.4 Å². The van der Waals surface area contributed by atoms with Crippen LogP contribution in [0.4, 0.5) is 0 Å². The van der Waals surface area contributed by atoms with Crippen molar-refractivity contribution in [3.63, 3.8) is 0 Å². The van der Waals surface area contributed by atoms with Crippen molar-refractivity contribution in [2.75, 3.05) is 20.8 Å². The maximum atomic E-state index is 12.3. The first-order valence-electron chi connectivity index (χ1n) is 7.50. The van der Waals surface area contributed by atoms with Crippen LogP contribution in [0.1, 0.15) is 43.1 Å². The lowest BCUT2D eigenvalue weighted by Crippen LogP contribution is -2.45. The second-order valence-electron chi connectivity index (χ2n) is 5.85.